The molecule has 0 saturated carbocycles. The lowest BCUT2D eigenvalue weighted by Gasteiger charge is -2.36. The quantitative estimate of drug-likeness (QED) is 0.0432. The maximum atomic E-state index is 14.1. The van der Waals surface area contributed by atoms with Crippen LogP contribution in [0.25, 0.3) is 5.57 Å². The number of hydrogen-bond donors (Lipinski definition) is 10. The van der Waals surface area contributed by atoms with Crippen LogP contribution in [0.1, 0.15) is 57.2 Å². The summed E-state index contributed by atoms with van der Waals surface area (Å²) < 4.78 is 6.59. The Bertz CT molecular complexity index is 2480. The first-order valence-corrected chi connectivity index (χ1v) is 26.5. The van der Waals surface area contributed by atoms with Gasteiger partial charge < -0.3 is 66.5 Å². The first kappa shape index (κ1) is 60.9. The van der Waals surface area contributed by atoms with E-state index < -0.39 is 127 Å². The van der Waals surface area contributed by atoms with Crippen LogP contribution in [-0.4, -0.2) is 256 Å². The topological polar surface area (TPSA) is 388 Å². The number of aliphatic carboxylic acids is 3. The van der Waals surface area contributed by atoms with Crippen LogP contribution in [0, 0.1) is 11.8 Å². The van der Waals surface area contributed by atoms with Crippen LogP contribution in [0.3, 0.4) is 0 Å². The molecule has 29 nitrogen and oxygen atoms in total. The van der Waals surface area contributed by atoms with Gasteiger partial charge in [0.15, 0.2) is 5.78 Å². The van der Waals surface area contributed by atoms with Gasteiger partial charge in [0, 0.05) is 90.2 Å². The first-order chi connectivity index (χ1) is 37.6. The number of aliphatic hydroxyl groups is 1. The number of aliphatic hydroxyl groups excluding tert-OH is 1. The molecule has 0 spiro atoms. The third-order valence-electron chi connectivity index (χ3n) is 14.7. The van der Waals surface area contributed by atoms with E-state index in [-0.39, 0.29) is 89.5 Å². The van der Waals surface area contributed by atoms with E-state index in [2.05, 4.69) is 31.9 Å². The van der Waals surface area contributed by atoms with Crippen molar-refractivity contribution in [2.45, 2.75) is 89.4 Å². The summed E-state index contributed by atoms with van der Waals surface area (Å²) in [7, 11) is 0. The molecule has 6 rings (SSSR count). The summed E-state index contributed by atoms with van der Waals surface area (Å²) in [6, 6.07) is -2.72. The molecular weight excluding hydrogens is 1040 g/mol. The number of nitrogens with one attached hydrogen (secondary N) is 6. The van der Waals surface area contributed by atoms with Crippen molar-refractivity contribution in [3.8, 4) is 0 Å². The number of ketones is 1. The lowest BCUT2D eigenvalue weighted by Crippen LogP contribution is -2.56. The Balaban J connectivity index is 0.943. The summed E-state index contributed by atoms with van der Waals surface area (Å²) in [5.41, 5.74) is 1.55. The number of carbonyl (C=O) groups is 12. The third-order valence-corrected chi connectivity index (χ3v) is 14.7. The van der Waals surface area contributed by atoms with Crippen LogP contribution in [0.4, 0.5) is 0 Å². The second-order valence-electron chi connectivity index (χ2n) is 20.4. The second kappa shape index (κ2) is 28.5. The van der Waals surface area contributed by atoms with Gasteiger partial charge in [0.1, 0.15) is 18.1 Å². The van der Waals surface area contributed by atoms with Gasteiger partial charge in [-0.3, -0.25) is 77.1 Å². The number of amides is 7. The Morgan fingerprint density at radius 1 is 0.684 bits per heavy atom. The molecule has 434 valence electrons. The number of hydrogen-bond acceptors (Lipinski definition) is 18. The number of aromatic nitrogens is 1. The maximum Gasteiger partial charge on any atom is 0.317 e. The molecule has 1 aromatic rings. The number of esters is 1. The van der Waals surface area contributed by atoms with Crippen molar-refractivity contribution in [2.24, 2.45) is 11.8 Å². The molecule has 29 heteroatoms. The van der Waals surface area contributed by atoms with Gasteiger partial charge in [0.05, 0.1) is 63.3 Å². The van der Waals surface area contributed by atoms with E-state index in [0.29, 0.717) is 57.9 Å². The number of Topliss-reactive ketones (excluding diaryl/α,β-unsaturated/α-hetero) is 1. The highest BCUT2D eigenvalue weighted by Gasteiger charge is 2.40. The van der Waals surface area contributed by atoms with E-state index in [0.717, 1.165) is 5.56 Å². The van der Waals surface area contributed by atoms with Crippen LogP contribution in [0.5, 0.6) is 0 Å². The van der Waals surface area contributed by atoms with Gasteiger partial charge in [0.25, 0.3) is 0 Å². The van der Waals surface area contributed by atoms with E-state index in [4.69, 9.17) is 4.74 Å². The Kier molecular flexibility index (Phi) is 22.0. The number of nitrogens with zero attached hydrogens (tertiary/aromatic N) is 6. The Morgan fingerprint density at radius 2 is 1.28 bits per heavy atom. The summed E-state index contributed by atoms with van der Waals surface area (Å²) in [5, 5.41) is 53.3. The molecule has 4 aliphatic heterocycles. The van der Waals surface area contributed by atoms with Crippen LogP contribution >= 0.6 is 0 Å². The van der Waals surface area contributed by atoms with Crippen molar-refractivity contribution in [3.63, 3.8) is 0 Å². The second-order valence-corrected chi connectivity index (χ2v) is 20.4. The molecule has 10 N–H and O–H groups in total. The van der Waals surface area contributed by atoms with Crippen molar-refractivity contribution >= 4 is 76.6 Å². The highest BCUT2D eigenvalue weighted by atomic mass is 16.6. The zero-order valence-corrected chi connectivity index (χ0v) is 44.3. The molecule has 3 saturated heterocycles. The van der Waals surface area contributed by atoms with Gasteiger partial charge in [-0.15, -0.1) is 0 Å². The lowest BCUT2D eigenvalue weighted by molar-refractivity contribution is -0.155. The van der Waals surface area contributed by atoms with Crippen molar-refractivity contribution < 1.29 is 82.7 Å². The summed E-state index contributed by atoms with van der Waals surface area (Å²) in [6.07, 6.45) is 1.61. The molecule has 3 fully saturated rings. The van der Waals surface area contributed by atoms with Crippen LogP contribution < -0.4 is 31.9 Å². The highest BCUT2D eigenvalue weighted by Crippen LogP contribution is 2.35. The van der Waals surface area contributed by atoms with E-state index in [1.165, 1.54) is 6.08 Å². The minimum absolute atomic E-state index is 0.0134. The number of aryl methyl sites for hydroxylation is 1. The molecule has 0 bridgehead atoms. The summed E-state index contributed by atoms with van der Waals surface area (Å²) in [4.78, 5) is 162. The molecule has 0 aromatic carbocycles. The Hall–Kier alpha value is -7.34. The fraction of sp³-hybridized carbons (Fsp3) is 0.640. The molecule has 1 aromatic heterocycles. The van der Waals surface area contributed by atoms with Crippen molar-refractivity contribution in [3.05, 3.63) is 29.6 Å². The zero-order valence-electron chi connectivity index (χ0n) is 44.3. The average molecular weight is 1110 g/mol. The fourth-order valence-electron chi connectivity index (χ4n) is 10.0. The van der Waals surface area contributed by atoms with Gasteiger partial charge in [-0.1, -0.05) is 26.3 Å². The molecule has 5 unspecified atom stereocenters. The van der Waals surface area contributed by atoms with Gasteiger partial charge in [-0.2, -0.15) is 0 Å². The van der Waals surface area contributed by atoms with E-state index in [9.17, 15) is 78.0 Å². The van der Waals surface area contributed by atoms with Gasteiger partial charge in [-0.05, 0) is 36.8 Å². The van der Waals surface area contributed by atoms with E-state index in [1.807, 2.05) is 9.47 Å². The molecule has 5 heterocycles. The average Bonchev–Trinajstić information content (AvgIpc) is 4.00. The molecular formula is C50H72N12O17. The largest absolute Gasteiger partial charge is 0.481 e. The minimum atomic E-state index is -1.50. The molecule has 1 aliphatic carbocycles. The third kappa shape index (κ3) is 17.8. The lowest BCUT2D eigenvalue weighted by atomic mass is 9.85. The van der Waals surface area contributed by atoms with Gasteiger partial charge in [-0.25, -0.2) is 0 Å². The molecule has 79 heavy (non-hydrogen) atoms. The number of rotatable bonds is 24. The summed E-state index contributed by atoms with van der Waals surface area (Å²) in [5.74, 6) is -10.2. The van der Waals surface area contributed by atoms with Crippen LogP contribution in [-0.2, 0) is 75.2 Å². The van der Waals surface area contributed by atoms with Crippen molar-refractivity contribution in [2.75, 3.05) is 105 Å². The zero-order chi connectivity index (χ0) is 57.5. The number of carboxylic acid groups (broad SMARTS) is 3. The molecule has 7 amide bonds. The number of ether oxygens (including phenoxy) is 1. The maximum absolute atomic E-state index is 14.1. The normalized spacial score (nSPS) is 22.4. The van der Waals surface area contributed by atoms with E-state index in [1.54, 1.807) is 45.7 Å². The van der Waals surface area contributed by atoms with Gasteiger partial charge in [0.2, 0.25) is 47.6 Å². The first-order valence-electron chi connectivity index (χ1n) is 26.5. The molecule has 0 radical (unpaired) electrons. The van der Waals surface area contributed by atoms with Crippen LogP contribution in [0.15, 0.2) is 18.3 Å². The number of carbonyl (C=O) groups excluding carboxylic acids is 9. The van der Waals surface area contributed by atoms with Gasteiger partial charge >= 0.3 is 23.9 Å². The molecule has 5 aliphatic rings. The smallest absolute Gasteiger partial charge is 0.317 e. The van der Waals surface area contributed by atoms with Crippen LogP contribution in [0.2, 0.25) is 0 Å². The SMILES string of the molecule is CCC(C)C(NC(=O)CNC(=O)CNC(=O)C(CCC(=O)O)NC(=O)CN1CCN(C(=O)CN2CCN(CC(=O)O)CCN(CC(=O)O)CC2)CC1)C(=O)N[C@H]1CCn2ccc3c2C(=C[C@@H](C(=O)NC2CC(=O)OC2O)C3)C1=O. The standard InChI is InChI=1S/C50H72N12O17/c1-3-29(2)44(49(77)54-33-7-9-62-8-6-30-20-31(21-32(45(30)62)46(33)74)47(75)55-35-22-43(73)79-50(35)78)56-37(64)24-51-36(63)23-52-48(76)34(4-5-40(67)68)53-38(65)25-57-16-18-61(19-17-57)39(66)26-58-10-12-59(27-41(69)70)14-15-60(13-11-58)28-42(71)72/h6,8,21,29,31,33-35,44,50,78H,3-5,7,9-20,22-28H2,1-2H3,(H,51,63)(H,52,76)(H,53,65)(H,54,77)(H,55,75)(H,56,64)(H,67,68)(H,69,70)(H,71,72)/t29?,31-,33-,34?,35?,44?,50?/m0/s1. The predicted molar refractivity (Wildman–Crippen MR) is 274 cm³/mol. The predicted octanol–water partition coefficient (Wildman–Crippen LogP) is -5.40. The Morgan fingerprint density at radius 3 is 1.86 bits per heavy atom. The van der Waals surface area contributed by atoms with Crippen molar-refractivity contribution in [1.82, 2.24) is 61.0 Å². The number of cyclic esters (lactones) is 1. The van der Waals surface area contributed by atoms with Crippen molar-refractivity contribution in [1.29, 1.82) is 0 Å². The van der Waals surface area contributed by atoms with E-state index >= 15 is 0 Å². The number of piperazine rings is 1. The Labute approximate surface area is 454 Å². The fourth-order valence-corrected chi connectivity index (χ4v) is 10.0. The monoisotopic (exact) mass is 1110 g/mol. The summed E-state index contributed by atoms with van der Waals surface area (Å²) in [6.45, 7) is 5.22. The number of carboxylic acids is 3. The molecule has 7 atom stereocenters. The summed E-state index contributed by atoms with van der Waals surface area (Å²) >= 11 is 0. The minimum Gasteiger partial charge on any atom is -0.481 e. The highest BCUT2D eigenvalue weighted by molar-refractivity contribution is 6.25.